The number of likely N-dealkylation sites (tertiary alicyclic amines) is 1. The smallest absolute Gasteiger partial charge is 0.393 e. The molecule has 2 rings (SSSR count). The standard InChI is InChI=1S/C17H21F3N2O4.ClH/c1-9-4-5-14(26-3)13(6-9)21-15(23)10(2)22-7-11(16(24)25)12(8-22)17(18,19)20;/h4-6,10-12H,7-8H2,1-3H3,(H,21,23)(H,24,25);1H/t10?,11-,12-;/m1./s1. The highest BCUT2D eigenvalue weighted by Crippen LogP contribution is 2.38. The summed E-state index contributed by atoms with van der Waals surface area (Å²) < 4.78 is 44.4. The highest BCUT2D eigenvalue weighted by molar-refractivity contribution is 5.96. The van der Waals surface area contributed by atoms with Crippen molar-refractivity contribution in [3.8, 4) is 5.75 Å². The first kappa shape index (κ1) is 23.0. The van der Waals surface area contributed by atoms with E-state index in [9.17, 15) is 22.8 Å². The predicted octanol–water partition coefficient (Wildman–Crippen LogP) is 2.95. The van der Waals surface area contributed by atoms with Gasteiger partial charge in [0.15, 0.2) is 0 Å². The number of nitrogens with one attached hydrogen (secondary N) is 1. The van der Waals surface area contributed by atoms with Gasteiger partial charge in [0.05, 0.1) is 30.7 Å². The summed E-state index contributed by atoms with van der Waals surface area (Å²) in [7, 11) is 1.44. The van der Waals surface area contributed by atoms with E-state index in [2.05, 4.69) is 5.32 Å². The first-order valence-corrected chi connectivity index (χ1v) is 8.03. The molecule has 0 bridgehead atoms. The molecule has 0 spiro atoms. The molecule has 1 aliphatic rings. The van der Waals surface area contributed by atoms with Crippen LogP contribution in [0, 0.1) is 18.8 Å². The van der Waals surface area contributed by atoms with Crippen LogP contribution in [0.1, 0.15) is 12.5 Å². The fraction of sp³-hybridized carbons (Fsp3) is 0.529. The van der Waals surface area contributed by atoms with E-state index in [1.165, 1.54) is 18.9 Å². The third-order valence-corrected chi connectivity index (χ3v) is 4.63. The quantitative estimate of drug-likeness (QED) is 0.780. The van der Waals surface area contributed by atoms with Crippen molar-refractivity contribution in [2.45, 2.75) is 26.1 Å². The Balaban J connectivity index is 0.00000364. The van der Waals surface area contributed by atoms with Crippen LogP contribution >= 0.6 is 12.4 Å². The molecule has 1 heterocycles. The Morgan fingerprint density at radius 3 is 2.44 bits per heavy atom. The molecule has 6 nitrogen and oxygen atoms in total. The molecule has 0 radical (unpaired) electrons. The molecule has 2 N–H and O–H groups in total. The van der Waals surface area contributed by atoms with Gasteiger partial charge in [-0.15, -0.1) is 12.4 Å². The number of carboxylic acid groups (broad SMARTS) is 1. The van der Waals surface area contributed by atoms with Gasteiger partial charge in [0.2, 0.25) is 5.91 Å². The van der Waals surface area contributed by atoms with E-state index < -0.39 is 42.5 Å². The molecular formula is C17H22ClF3N2O4. The number of methoxy groups -OCH3 is 1. The zero-order valence-corrected chi connectivity index (χ0v) is 15.9. The number of halogens is 4. The lowest BCUT2D eigenvalue weighted by atomic mass is 9.96. The summed E-state index contributed by atoms with van der Waals surface area (Å²) in [5.41, 5.74) is 1.28. The monoisotopic (exact) mass is 410 g/mol. The number of aliphatic carboxylic acids is 1. The van der Waals surface area contributed by atoms with Gasteiger partial charge >= 0.3 is 12.1 Å². The first-order valence-electron chi connectivity index (χ1n) is 8.03. The van der Waals surface area contributed by atoms with Crippen molar-refractivity contribution in [2.24, 2.45) is 11.8 Å². The normalized spacial score (nSPS) is 21.3. The molecule has 1 unspecified atom stereocenters. The zero-order valence-electron chi connectivity index (χ0n) is 15.0. The highest BCUT2D eigenvalue weighted by atomic mass is 35.5. The molecule has 0 aliphatic carbocycles. The largest absolute Gasteiger partial charge is 0.495 e. The summed E-state index contributed by atoms with van der Waals surface area (Å²) in [6.45, 7) is 2.42. The van der Waals surface area contributed by atoms with Crippen molar-refractivity contribution in [3.05, 3.63) is 23.8 Å². The number of aryl methyl sites for hydroxylation is 1. The van der Waals surface area contributed by atoms with Crippen molar-refractivity contribution in [2.75, 3.05) is 25.5 Å². The van der Waals surface area contributed by atoms with Crippen LogP contribution in [0.4, 0.5) is 18.9 Å². The van der Waals surface area contributed by atoms with Crippen molar-refractivity contribution in [3.63, 3.8) is 0 Å². The van der Waals surface area contributed by atoms with Crippen LogP contribution in [0.15, 0.2) is 18.2 Å². The fourth-order valence-electron chi connectivity index (χ4n) is 3.05. The maximum atomic E-state index is 13.1. The Bertz CT molecular complexity index is 699. The van der Waals surface area contributed by atoms with Crippen LogP contribution in [-0.2, 0) is 9.59 Å². The number of anilines is 1. The second-order valence-electron chi connectivity index (χ2n) is 6.42. The number of benzene rings is 1. The lowest BCUT2D eigenvalue weighted by Crippen LogP contribution is -2.41. The van der Waals surface area contributed by atoms with Crippen molar-refractivity contribution >= 4 is 30.0 Å². The molecule has 27 heavy (non-hydrogen) atoms. The Morgan fingerprint density at radius 2 is 1.96 bits per heavy atom. The minimum atomic E-state index is -4.63. The molecule has 1 amide bonds. The van der Waals surface area contributed by atoms with Crippen molar-refractivity contribution < 1.29 is 32.6 Å². The van der Waals surface area contributed by atoms with Gasteiger partial charge in [0.1, 0.15) is 5.75 Å². The summed E-state index contributed by atoms with van der Waals surface area (Å²) >= 11 is 0. The lowest BCUT2D eigenvalue weighted by Gasteiger charge is -2.24. The average molecular weight is 411 g/mol. The van der Waals surface area contributed by atoms with Crippen LogP contribution in [0.5, 0.6) is 5.75 Å². The Labute approximate surface area is 161 Å². The van der Waals surface area contributed by atoms with Gasteiger partial charge in [-0.3, -0.25) is 14.5 Å². The molecule has 152 valence electrons. The molecule has 1 fully saturated rings. The lowest BCUT2D eigenvalue weighted by molar-refractivity contribution is -0.188. The van der Waals surface area contributed by atoms with Gasteiger partial charge < -0.3 is 15.2 Å². The number of nitrogens with zero attached hydrogens (tertiary/aromatic N) is 1. The Hall–Kier alpha value is -2.00. The van der Waals surface area contributed by atoms with Crippen LogP contribution in [0.25, 0.3) is 0 Å². The molecule has 1 saturated heterocycles. The second kappa shape index (κ2) is 8.79. The number of hydrogen-bond acceptors (Lipinski definition) is 4. The third kappa shape index (κ3) is 5.26. The van der Waals surface area contributed by atoms with E-state index in [0.717, 1.165) is 5.56 Å². The SMILES string of the molecule is COc1ccc(C)cc1NC(=O)C(C)N1C[C@@H](C(F)(F)F)[C@H](C(=O)O)C1.Cl. The number of ether oxygens (including phenoxy) is 1. The second-order valence-corrected chi connectivity index (χ2v) is 6.42. The van der Waals surface area contributed by atoms with Gasteiger partial charge in [-0.2, -0.15) is 13.2 Å². The van der Waals surface area contributed by atoms with E-state index >= 15 is 0 Å². The van der Waals surface area contributed by atoms with E-state index in [1.807, 2.05) is 6.92 Å². The van der Waals surface area contributed by atoms with Gasteiger partial charge in [-0.25, -0.2) is 0 Å². The number of rotatable bonds is 5. The minimum Gasteiger partial charge on any atom is -0.495 e. The van der Waals surface area contributed by atoms with Crippen molar-refractivity contribution in [1.29, 1.82) is 0 Å². The molecule has 3 atom stereocenters. The maximum Gasteiger partial charge on any atom is 0.393 e. The fourth-order valence-corrected chi connectivity index (χ4v) is 3.05. The Kier molecular flexibility index (Phi) is 7.50. The predicted molar refractivity (Wildman–Crippen MR) is 95.3 cm³/mol. The number of amides is 1. The summed E-state index contributed by atoms with van der Waals surface area (Å²) in [5, 5.41) is 11.7. The Morgan fingerprint density at radius 1 is 1.33 bits per heavy atom. The molecule has 0 saturated carbocycles. The van der Waals surface area contributed by atoms with Gasteiger partial charge in [-0.05, 0) is 31.5 Å². The average Bonchev–Trinajstić information content (AvgIpc) is 3.00. The summed E-state index contributed by atoms with van der Waals surface area (Å²) in [6.07, 6.45) is -4.63. The maximum absolute atomic E-state index is 13.1. The highest BCUT2D eigenvalue weighted by Gasteiger charge is 2.53. The third-order valence-electron chi connectivity index (χ3n) is 4.63. The van der Waals surface area contributed by atoms with E-state index in [0.29, 0.717) is 11.4 Å². The van der Waals surface area contributed by atoms with Gasteiger partial charge in [0, 0.05) is 13.1 Å². The van der Waals surface area contributed by atoms with Gasteiger partial charge in [-0.1, -0.05) is 6.07 Å². The van der Waals surface area contributed by atoms with Crippen LogP contribution < -0.4 is 10.1 Å². The summed E-state index contributed by atoms with van der Waals surface area (Å²) in [5.74, 6) is -5.19. The number of carboxylic acids is 1. The molecule has 1 aliphatic heterocycles. The number of carbonyl (C=O) groups is 2. The zero-order chi connectivity index (χ0) is 19.6. The van der Waals surface area contributed by atoms with Crippen LogP contribution in [-0.4, -0.2) is 54.3 Å². The summed E-state index contributed by atoms with van der Waals surface area (Å²) in [6, 6.07) is 4.23. The molecule has 1 aromatic rings. The number of hydrogen-bond donors (Lipinski definition) is 2. The number of alkyl halides is 3. The summed E-state index contributed by atoms with van der Waals surface area (Å²) in [4.78, 5) is 24.9. The molecular weight excluding hydrogens is 389 g/mol. The van der Waals surface area contributed by atoms with E-state index in [4.69, 9.17) is 9.84 Å². The van der Waals surface area contributed by atoms with Crippen LogP contribution in [0.2, 0.25) is 0 Å². The molecule has 0 aromatic heterocycles. The van der Waals surface area contributed by atoms with Crippen molar-refractivity contribution in [1.82, 2.24) is 4.90 Å². The molecule has 10 heteroatoms. The molecule has 1 aromatic carbocycles. The van der Waals surface area contributed by atoms with E-state index in [-0.39, 0.29) is 19.0 Å². The van der Waals surface area contributed by atoms with Crippen LogP contribution in [0.3, 0.4) is 0 Å². The first-order chi connectivity index (χ1) is 12.0. The number of carbonyl (C=O) groups excluding carboxylic acids is 1. The minimum absolute atomic E-state index is 0. The van der Waals surface area contributed by atoms with Gasteiger partial charge in [0.25, 0.3) is 0 Å². The van der Waals surface area contributed by atoms with E-state index in [1.54, 1.807) is 18.2 Å². The topological polar surface area (TPSA) is 78.9 Å².